The van der Waals surface area contributed by atoms with Crippen LogP contribution in [0.25, 0.3) is 0 Å². The predicted octanol–water partition coefficient (Wildman–Crippen LogP) is 2.44. The van der Waals surface area contributed by atoms with Crippen molar-refractivity contribution in [2.75, 3.05) is 24.7 Å². The van der Waals surface area contributed by atoms with Gasteiger partial charge >= 0.3 is 0 Å². The van der Waals surface area contributed by atoms with Gasteiger partial charge in [-0.25, -0.2) is 0 Å². The van der Waals surface area contributed by atoms with E-state index < -0.39 is 0 Å². The molecule has 3 heteroatoms. The summed E-state index contributed by atoms with van der Waals surface area (Å²) in [5, 5.41) is 0. The van der Waals surface area contributed by atoms with Gasteiger partial charge in [-0.1, -0.05) is 28.5 Å². The van der Waals surface area contributed by atoms with Gasteiger partial charge in [-0.2, -0.15) is 0 Å². The van der Waals surface area contributed by atoms with Gasteiger partial charge in [0.15, 0.2) is 0 Å². The number of rotatable bonds is 4. The first-order chi connectivity index (χ1) is 4.93. The second-order valence-electron chi connectivity index (χ2n) is 2.48. The lowest BCUT2D eigenvalue weighted by atomic mass is 10.4. The molecule has 1 aliphatic rings. The molecule has 0 amide bonds. The first-order valence-electron chi connectivity index (χ1n) is 3.90. The smallest absolute Gasteiger partial charge is 0.0548 e. The summed E-state index contributed by atoms with van der Waals surface area (Å²) in [6.45, 7) is 4.87. The van der Waals surface area contributed by atoms with E-state index in [2.05, 4.69) is 11.8 Å². The van der Waals surface area contributed by atoms with E-state index in [0.29, 0.717) is 0 Å². The van der Waals surface area contributed by atoms with Crippen LogP contribution in [0.5, 0.6) is 0 Å². The van der Waals surface area contributed by atoms with Crippen molar-refractivity contribution < 1.29 is 0 Å². The first-order valence-corrected chi connectivity index (χ1v) is 6.39. The molecule has 1 saturated heterocycles. The summed E-state index contributed by atoms with van der Waals surface area (Å²) >= 11 is 0. The standard InChI is InChI=1S/C7H15NS2/c1-2-9-10-7-8-5-3-4-6-8/h2-7H2,1H3. The zero-order valence-electron chi connectivity index (χ0n) is 6.51. The monoisotopic (exact) mass is 177 g/mol. The summed E-state index contributed by atoms with van der Waals surface area (Å²) in [7, 11) is 3.96. The molecule has 1 nitrogen and oxygen atoms in total. The minimum atomic E-state index is 1.23. The van der Waals surface area contributed by atoms with Crippen LogP contribution >= 0.6 is 21.6 Å². The van der Waals surface area contributed by atoms with Crippen molar-refractivity contribution in [3.05, 3.63) is 0 Å². The maximum Gasteiger partial charge on any atom is 0.0548 e. The molecule has 0 aliphatic carbocycles. The molecule has 0 aromatic heterocycles. The van der Waals surface area contributed by atoms with Gasteiger partial charge in [-0.15, -0.1) is 0 Å². The van der Waals surface area contributed by atoms with E-state index >= 15 is 0 Å². The summed E-state index contributed by atoms with van der Waals surface area (Å²) in [6, 6.07) is 0. The Morgan fingerprint density at radius 1 is 1.20 bits per heavy atom. The van der Waals surface area contributed by atoms with Gasteiger partial charge in [0.1, 0.15) is 0 Å². The number of hydrogen-bond donors (Lipinski definition) is 0. The van der Waals surface area contributed by atoms with Crippen LogP contribution in [0.4, 0.5) is 0 Å². The minimum Gasteiger partial charge on any atom is -0.293 e. The van der Waals surface area contributed by atoms with E-state index in [1.54, 1.807) is 0 Å². The Balaban J connectivity index is 1.91. The molecule has 60 valence electrons. The summed E-state index contributed by atoms with van der Waals surface area (Å²) < 4.78 is 0. The highest BCUT2D eigenvalue weighted by atomic mass is 33.1. The van der Waals surface area contributed by atoms with Gasteiger partial charge in [-0.05, 0) is 25.9 Å². The Hall–Kier alpha value is 0.660. The largest absolute Gasteiger partial charge is 0.293 e. The van der Waals surface area contributed by atoms with Gasteiger partial charge < -0.3 is 0 Å². The van der Waals surface area contributed by atoms with Gasteiger partial charge in [0, 0.05) is 5.75 Å². The zero-order chi connectivity index (χ0) is 7.23. The Morgan fingerprint density at radius 2 is 1.90 bits per heavy atom. The minimum absolute atomic E-state index is 1.23. The molecule has 0 bridgehead atoms. The summed E-state index contributed by atoms with van der Waals surface area (Å²) in [5.74, 6) is 2.47. The van der Waals surface area contributed by atoms with Crippen LogP contribution in [0, 0.1) is 0 Å². The fourth-order valence-electron chi connectivity index (χ4n) is 1.11. The first kappa shape index (κ1) is 8.75. The highest BCUT2D eigenvalue weighted by Gasteiger charge is 2.09. The molecule has 0 atom stereocenters. The summed E-state index contributed by atoms with van der Waals surface area (Å²) in [5.41, 5.74) is 0. The molecular formula is C7H15NS2. The molecule has 0 spiro atoms. The maximum absolute atomic E-state index is 2.54. The molecule has 1 aliphatic heterocycles. The van der Waals surface area contributed by atoms with Crippen LogP contribution in [0.1, 0.15) is 19.8 Å². The highest BCUT2D eigenvalue weighted by molar-refractivity contribution is 8.76. The molecule has 0 saturated carbocycles. The lowest BCUT2D eigenvalue weighted by molar-refractivity contribution is 0.402. The molecule has 1 heterocycles. The second-order valence-corrected chi connectivity index (χ2v) is 5.20. The molecular weight excluding hydrogens is 162 g/mol. The van der Waals surface area contributed by atoms with Crippen molar-refractivity contribution in [3.8, 4) is 0 Å². The van der Waals surface area contributed by atoms with E-state index in [9.17, 15) is 0 Å². The molecule has 1 fully saturated rings. The van der Waals surface area contributed by atoms with Crippen molar-refractivity contribution in [2.24, 2.45) is 0 Å². The second kappa shape index (κ2) is 5.33. The SMILES string of the molecule is CCSSCN1CCCC1. The van der Waals surface area contributed by atoms with Crippen LogP contribution in [0.15, 0.2) is 0 Å². The lowest BCUT2D eigenvalue weighted by Gasteiger charge is -2.11. The molecule has 0 aromatic carbocycles. The number of nitrogens with zero attached hydrogens (tertiary/aromatic N) is 1. The number of hydrogen-bond acceptors (Lipinski definition) is 3. The van der Waals surface area contributed by atoms with Gasteiger partial charge in [0.2, 0.25) is 0 Å². The van der Waals surface area contributed by atoms with E-state index in [1.165, 1.54) is 37.6 Å². The summed E-state index contributed by atoms with van der Waals surface area (Å²) in [4.78, 5) is 2.54. The van der Waals surface area contributed by atoms with Gasteiger partial charge in [0.05, 0.1) is 5.88 Å². The van der Waals surface area contributed by atoms with E-state index in [0.717, 1.165) is 0 Å². The quantitative estimate of drug-likeness (QED) is 0.480. The van der Waals surface area contributed by atoms with E-state index in [1.807, 2.05) is 21.6 Å². The Morgan fingerprint density at radius 3 is 2.50 bits per heavy atom. The molecule has 1 rings (SSSR count). The Labute approximate surface area is 71.3 Å². The molecule has 0 radical (unpaired) electrons. The third-order valence-electron chi connectivity index (χ3n) is 1.64. The van der Waals surface area contributed by atoms with Crippen LogP contribution in [0.2, 0.25) is 0 Å². The van der Waals surface area contributed by atoms with Crippen LogP contribution in [-0.4, -0.2) is 29.6 Å². The van der Waals surface area contributed by atoms with E-state index in [4.69, 9.17) is 0 Å². The molecule has 0 unspecified atom stereocenters. The Bertz CT molecular complexity index is 81.7. The maximum atomic E-state index is 2.54. The normalized spacial score (nSPS) is 20.1. The topological polar surface area (TPSA) is 3.24 Å². The van der Waals surface area contributed by atoms with Crippen molar-refractivity contribution in [1.82, 2.24) is 4.90 Å². The molecule has 0 aromatic rings. The summed E-state index contributed by atoms with van der Waals surface area (Å²) in [6.07, 6.45) is 2.83. The lowest BCUT2D eigenvalue weighted by Crippen LogP contribution is -2.17. The fraction of sp³-hybridized carbons (Fsp3) is 1.00. The van der Waals surface area contributed by atoms with Gasteiger partial charge in [-0.3, -0.25) is 4.90 Å². The Kier molecular flexibility index (Phi) is 4.66. The number of likely N-dealkylation sites (tertiary alicyclic amines) is 1. The molecule has 0 N–H and O–H groups in total. The fourth-order valence-corrected chi connectivity index (χ4v) is 2.93. The van der Waals surface area contributed by atoms with Crippen molar-refractivity contribution in [3.63, 3.8) is 0 Å². The van der Waals surface area contributed by atoms with Crippen LogP contribution < -0.4 is 0 Å². The average molecular weight is 177 g/mol. The van der Waals surface area contributed by atoms with Crippen LogP contribution in [0.3, 0.4) is 0 Å². The zero-order valence-corrected chi connectivity index (χ0v) is 8.14. The third kappa shape index (κ3) is 3.17. The van der Waals surface area contributed by atoms with Crippen molar-refractivity contribution in [2.45, 2.75) is 19.8 Å². The third-order valence-corrected chi connectivity index (χ3v) is 4.03. The predicted molar refractivity (Wildman–Crippen MR) is 51.4 cm³/mol. The highest BCUT2D eigenvalue weighted by Crippen LogP contribution is 2.23. The average Bonchev–Trinajstić information content (AvgIpc) is 2.41. The van der Waals surface area contributed by atoms with Gasteiger partial charge in [0.25, 0.3) is 0 Å². The van der Waals surface area contributed by atoms with E-state index in [-0.39, 0.29) is 0 Å². The van der Waals surface area contributed by atoms with Crippen LogP contribution in [-0.2, 0) is 0 Å². The van der Waals surface area contributed by atoms with Crippen molar-refractivity contribution in [1.29, 1.82) is 0 Å². The molecule has 10 heavy (non-hydrogen) atoms. The van der Waals surface area contributed by atoms with Crippen molar-refractivity contribution >= 4 is 21.6 Å².